The average Bonchev–Trinajstić information content (AvgIpc) is 2.45. The normalized spacial score (nSPS) is 19.9. The lowest BCUT2D eigenvalue weighted by Gasteiger charge is -2.21. The fraction of sp³-hybridized carbons (Fsp3) is 0.400. The van der Waals surface area contributed by atoms with Gasteiger partial charge < -0.3 is 9.47 Å². The maximum Gasteiger partial charge on any atom is 0.330 e. The Balaban J connectivity index is 1.73. The summed E-state index contributed by atoms with van der Waals surface area (Å²) in [7, 11) is 0. The lowest BCUT2D eigenvalue weighted by atomic mass is 10.1. The molecule has 2 rings (SSSR count). The summed E-state index contributed by atoms with van der Waals surface area (Å²) in [6.45, 7) is 1.14. The summed E-state index contributed by atoms with van der Waals surface area (Å²) in [5.74, 6) is -0.312. The van der Waals surface area contributed by atoms with Gasteiger partial charge in [-0.3, -0.25) is 0 Å². The SMILES string of the molecule is O=C(/C=C/c1ccccc1)OCC1CCCCO1. The Morgan fingerprint density at radius 2 is 2.17 bits per heavy atom. The standard InChI is InChI=1S/C15H18O3/c16-15(10-9-13-6-2-1-3-7-13)18-12-14-8-4-5-11-17-14/h1-3,6-7,9-10,14H,4-5,8,11-12H2/b10-9+. The minimum Gasteiger partial charge on any atom is -0.460 e. The third kappa shape index (κ3) is 4.34. The van der Waals surface area contributed by atoms with E-state index in [1.165, 1.54) is 6.08 Å². The van der Waals surface area contributed by atoms with Gasteiger partial charge in [-0.05, 0) is 30.9 Å². The van der Waals surface area contributed by atoms with Crippen LogP contribution in [-0.4, -0.2) is 25.3 Å². The molecule has 0 aliphatic carbocycles. The smallest absolute Gasteiger partial charge is 0.330 e. The zero-order chi connectivity index (χ0) is 12.6. The fourth-order valence-electron chi connectivity index (χ4n) is 1.89. The molecule has 1 unspecified atom stereocenters. The lowest BCUT2D eigenvalue weighted by Crippen LogP contribution is -2.25. The van der Waals surface area contributed by atoms with Gasteiger partial charge in [0.1, 0.15) is 6.61 Å². The Labute approximate surface area is 107 Å². The van der Waals surface area contributed by atoms with Crippen LogP contribution >= 0.6 is 0 Å². The first-order valence-electron chi connectivity index (χ1n) is 6.36. The zero-order valence-electron chi connectivity index (χ0n) is 10.4. The maximum absolute atomic E-state index is 11.5. The van der Waals surface area contributed by atoms with Crippen molar-refractivity contribution < 1.29 is 14.3 Å². The molecule has 0 N–H and O–H groups in total. The molecule has 0 spiro atoms. The number of esters is 1. The molecular weight excluding hydrogens is 228 g/mol. The molecule has 1 heterocycles. The van der Waals surface area contributed by atoms with E-state index in [4.69, 9.17) is 9.47 Å². The summed E-state index contributed by atoms with van der Waals surface area (Å²) in [4.78, 5) is 11.5. The molecule has 18 heavy (non-hydrogen) atoms. The van der Waals surface area contributed by atoms with Crippen molar-refractivity contribution in [1.82, 2.24) is 0 Å². The molecule has 0 bridgehead atoms. The Bertz CT molecular complexity index is 391. The minimum atomic E-state index is -0.312. The first kappa shape index (κ1) is 12.8. The topological polar surface area (TPSA) is 35.5 Å². The molecular formula is C15H18O3. The molecule has 0 aromatic heterocycles. The van der Waals surface area contributed by atoms with Crippen LogP contribution in [0.3, 0.4) is 0 Å². The highest BCUT2D eigenvalue weighted by atomic mass is 16.6. The molecule has 1 saturated heterocycles. The van der Waals surface area contributed by atoms with Gasteiger partial charge in [0, 0.05) is 12.7 Å². The molecule has 1 aromatic carbocycles. The molecule has 0 radical (unpaired) electrons. The number of ether oxygens (including phenoxy) is 2. The van der Waals surface area contributed by atoms with Crippen molar-refractivity contribution in [2.75, 3.05) is 13.2 Å². The van der Waals surface area contributed by atoms with Crippen LogP contribution in [0.4, 0.5) is 0 Å². The van der Waals surface area contributed by atoms with E-state index in [0.29, 0.717) is 6.61 Å². The fourth-order valence-corrected chi connectivity index (χ4v) is 1.89. The maximum atomic E-state index is 11.5. The Kier molecular flexibility index (Phi) is 4.97. The Hall–Kier alpha value is -1.61. The van der Waals surface area contributed by atoms with Crippen LogP contribution in [0, 0.1) is 0 Å². The second kappa shape index (κ2) is 6.97. The van der Waals surface area contributed by atoms with Gasteiger partial charge in [-0.2, -0.15) is 0 Å². The van der Waals surface area contributed by atoms with Gasteiger partial charge in [-0.25, -0.2) is 4.79 Å². The van der Waals surface area contributed by atoms with Crippen molar-refractivity contribution in [3.05, 3.63) is 42.0 Å². The number of hydrogen-bond acceptors (Lipinski definition) is 3. The van der Waals surface area contributed by atoms with E-state index < -0.39 is 0 Å². The van der Waals surface area contributed by atoms with Gasteiger partial charge in [0.25, 0.3) is 0 Å². The third-order valence-electron chi connectivity index (χ3n) is 2.90. The highest BCUT2D eigenvalue weighted by Gasteiger charge is 2.14. The second-order valence-corrected chi connectivity index (χ2v) is 4.36. The van der Waals surface area contributed by atoms with Crippen molar-refractivity contribution in [3.8, 4) is 0 Å². The number of rotatable bonds is 4. The highest BCUT2D eigenvalue weighted by Crippen LogP contribution is 2.12. The summed E-state index contributed by atoms with van der Waals surface area (Å²) in [6.07, 6.45) is 6.53. The van der Waals surface area contributed by atoms with Gasteiger partial charge in [0.2, 0.25) is 0 Å². The first-order chi connectivity index (χ1) is 8.84. The number of carbonyl (C=O) groups excluding carboxylic acids is 1. The van der Waals surface area contributed by atoms with Crippen LogP contribution in [0.2, 0.25) is 0 Å². The molecule has 3 nitrogen and oxygen atoms in total. The summed E-state index contributed by atoms with van der Waals surface area (Å²) >= 11 is 0. The summed E-state index contributed by atoms with van der Waals surface area (Å²) in [5, 5.41) is 0. The van der Waals surface area contributed by atoms with Gasteiger partial charge in [0.05, 0.1) is 6.10 Å². The number of benzene rings is 1. The predicted octanol–water partition coefficient (Wildman–Crippen LogP) is 2.81. The van der Waals surface area contributed by atoms with E-state index in [9.17, 15) is 4.79 Å². The van der Waals surface area contributed by atoms with Crippen LogP contribution in [0.15, 0.2) is 36.4 Å². The third-order valence-corrected chi connectivity index (χ3v) is 2.90. The molecule has 1 fully saturated rings. The number of hydrogen-bond donors (Lipinski definition) is 0. The predicted molar refractivity (Wildman–Crippen MR) is 70.0 cm³/mol. The Morgan fingerprint density at radius 3 is 2.89 bits per heavy atom. The molecule has 1 aliphatic rings. The van der Waals surface area contributed by atoms with E-state index >= 15 is 0 Å². The van der Waals surface area contributed by atoms with Crippen molar-refractivity contribution in [2.24, 2.45) is 0 Å². The molecule has 0 saturated carbocycles. The largest absolute Gasteiger partial charge is 0.460 e. The van der Waals surface area contributed by atoms with E-state index in [-0.39, 0.29) is 12.1 Å². The van der Waals surface area contributed by atoms with Crippen molar-refractivity contribution in [1.29, 1.82) is 0 Å². The molecule has 1 aromatic rings. The summed E-state index contributed by atoms with van der Waals surface area (Å²) in [6, 6.07) is 9.68. The van der Waals surface area contributed by atoms with Crippen molar-refractivity contribution in [2.45, 2.75) is 25.4 Å². The molecule has 96 valence electrons. The summed E-state index contributed by atoms with van der Waals surface area (Å²) in [5.41, 5.74) is 0.989. The van der Waals surface area contributed by atoms with Crippen LogP contribution in [-0.2, 0) is 14.3 Å². The van der Waals surface area contributed by atoms with E-state index in [0.717, 1.165) is 31.4 Å². The van der Waals surface area contributed by atoms with Crippen LogP contribution in [0.25, 0.3) is 6.08 Å². The molecule has 1 aliphatic heterocycles. The van der Waals surface area contributed by atoms with E-state index in [1.807, 2.05) is 30.3 Å². The van der Waals surface area contributed by atoms with Crippen LogP contribution in [0.1, 0.15) is 24.8 Å². The van der Waals surface area contributed by atoms with Gasteiger partial charge in [-0.1, -0.05) is 30.3 Å². The average molecular weight is 246 g/mol. The highest BCUT2D eigenvalue weighted by molar-refractivity contribution is 5.87. The van der Waals surface area contributed by atoms with Crippen LogP contribution in [0.5, 0.6) is 0 Å². The lowest BCUT2D eigenvalue weighted by molar-refractivity contribution is -0.143. The van der Waals surface area contributed by atoms with Gasteiger partial charge in [-0.15, -0.1) is 0 Å². The number of carbonyl (C=O) groups is 1. The quantitative estimate of drug-likeness (QED) is 0.605. The molecule has 0 amide bonds. The van der Waals surface area contributed by atoms with Gasteiger partial charge >= 0.3 is 5.97 Å². The van der Waals surface area contributed by atoms with E-state index in [1.54, 1.807) is 6.08 Å². The second-order valence-electron chi connectivity index (χ2n) is 4.36. The first-order valence-corrected chi connectivity index (χ1v) is 6.36. The molecule has 3 heteroatoms. The van der Waals surface area contributed by atoms with Crippen molar-refractivity contribution >= 4 is 12.0 Å². The minimum absolute atomic E-state index is 0.0767. The Morgan fingerprint density at radius 1 is 1.33 bits per heavy atom. The van der Waals surface area contributed by atoms with Crippen molar-refractivity contribution in [3.63, 3.8) is 0 Å². The zero-order valence-corrected chi connectivity index (χ0v) is 10.4. The van der Waals surface area contributed by atoms with Gasteiger partial charge in [0.15, 0.2) is 0 Å². The summed E-state index contributed by atoms with van der Waals surface area (Å²) < 4.78 is 10.6. The van der Waals surface area contributed by atoms with E-state index in [2.05, 4.69) is 0 Å². The van der Waals surface area contributed by atoms with Crippen LogP contribution < -0.4 is 0 Å². The molecule has 1 atom stereocenters. The monoisotopic (exact) mass is 246 g/mol.